The van der Waals surface area contributed by atoms with Gasteiger partial charge in [-0.2, -0.15) is 0 Å². The van der Waals surface area contributed by atoms with Crippen LogP contribution >= 0.6 is 0 Å². The lowest BCUT2D eigenvalue weighted by Gasteiger charge is -2.18. The molecule has 7 nitrogen and oxygen atoms in total. The molecule has 3 heterocycles. The minimum atomic E-state index is -0.755. The van der Waals surface area contributed by atoms with Crippen LogP contribution in [0.15, 0.2) is 48.8 Å². The molecule has 3 aromatic rings. The standard InChI is InChI=1S/C23H17F2N3O4/c24-13-1-5-21(26-11-13)32-22-6-2-15(12-27-22)31-20-7-8-28(23(20)30)14-9-17-16(18(25)10-14)3-4-19(17)29/h1-2,5-6,9-12,20H,3-4,7-8H2/t20-/m1/s1. The first-order chi connectivity index (χ1) is 15.5. The fourth-order valence-electron chi connectivity index (χ4n) is 3.86. The van der Waals surface area contributed by atoms with Gasteiger partial charge in [-0.25, -0.2) is 18.7 Å². The lowest BCUT2D eigenvalue weighted by molar-refractivity contribution is -0.122. The fraction of sp³-hybridized carbons (Fsp3) is 0.217. The second kappa shape index (κ2) is 7.99. The molecule has 32 heavy (non-hydrogen) atoms. The molecule has 0 bridgehead atoms. The summed E-state index contributed by atoms with van der Waals surface area (Å²) >= 11 is 0. The summed E-state index contributed by atoms with van der Waals surface area (Å²) in [5.41, 5.74) is 1.14. The van der Waals surface area contributed by atoms with Crippen LogP contribution in [0.25, 0.3) is 0 Å². The number of Topliss-reactive ketones (excluding diaryl/α,β-unsaturated/α-hetero) is 1. The minimum Gasteiger partial charge on any atom is -0.479 e. The second-order valence-corrected chi connectivity index (χ2v) is 7.51. The van der Waals surface area contributed by atoms with E-state index in [0.29, 0.717) is 48.4 Å². The van der Waals surface area contributed by atoms with E-state index >= 15 is 0 Å². The highest BCUT2D eigenvalue weighted by atomic mass is 19.1. The number of benzene rings is 1. The summed E-state index contributed by atoms with van der Waals surface area (Å²) in [6.45, 7) is 0.348. The molecule has 0 saturated carbocycles. The fourth-order valence-corrected chi connectivity index (χ4v) is 3.86. The Balaban J connectivity index is 1.26. The van der Waals surface area contributed by atoms with Crippen molar-refractivity contribution in [2.45, 2.75) is 25.4 Å². The maximum atomic E-state index is 14.4. The first-order valence-corrected chi connectivity index (χ1v) is 10.1. The molecule has 1 saturated heterocycles. The Morgan fingerprint density at radius 3 is 2.47 bits per heavy atom. The van der Waals surface area contributed by atoms with Gasteiger partial charge in [0.1, 0.15) is 17.4 Å². The number of halogens is 2. The molecular formula is C23H17F2N3O4. The number of ketones is 1. The molecule has 2 aliphatic rings. The van der Waals surface area contributed by atoms with Gasteiger partial charge in [-0.15, -0.1) is 0 Å². The summed E-state index contributed by atoms with van der Waals surface area (Å²) in [6.07, 6.45) is 2.77. The topological polar surface area (TPSA) is 81.6 Å². The van der Waals surface area contributed by atoms with Gasteiger partial charge in [-0.3, -0.25) is 9.59 Å². The van der Waals surface area contributed by atoms with Gasteiger partial charge in [0.2, 0.25) is 11.8 Å². The Hall–Kier alpha value is -3.88. The van der Waals surface area contributed by atoms with E-state index in [1.54, 1.807) is 18.2 Å². The Morgan fingerprint density at radius 2 is 1.75 bits per heavy atom. The van der Waals surface area contributed by atoms with Gasteiger partial charge in [0.25, 0.3) is 5.91 Å². The summed E-state index contributed by atoms with van der Waals surface area (Å²) in [7, 11) is 0. The molecule has 9 heteroatoms. The lowest BCUT2D eigenvalue weighted by atomic mass is 10.1. The van der Waals surface area contributed by atoms with E-state index in [1.807, 2.05) is 0 Å². The summed E-state index contributed by atoms with van der Waals surface area (Å²) < 4.78 is 38.5. The first-order valence-electron chi connectivity index (χ1n) is 10.1. The summed E-state index contributed by atoms with van der Waals surface area (Å²) in [5.74, 6) is -0.576. The van der Waals surface area contributed by atoms with E-state index in [4.69, 9.17) is 9.47 Å². The van der Waals surface area contributed by atoms with Crippen molar-refractivity contribution in [3.63, 3.8) is 0 Å². The summed E-state index contributed by atoms with van der Waals surface area (Å²) in [6, 6.07) is 8.62. The molecule has 0 spiro atoms. The molecule has 5 rings (SSSR count). The van der Waals surface area contributed by atoms with Crippen molar-refractivity contribution in [3.05, 3.63) is 71.6 Å². The zero-order valence-electron chi connectivity index (χ0n) is 16.8. The van der Waals surface area contributed by atoms with Crippen molar-refractivity contribution >= 4 is 17.4 Å². The normalized spacial score (nSPS) is 17.6. The van der Waals surface area contributed by atoms with Gasteiger partial charge in [-0.05, 0) is 36.2 Å². The number of ether oxygens (including phenoxy) is 2. The van der Waals surface area contributed by atoms with Crippen molar-refractivity contribution in [2.24, 2.45) is 0 Å². The van der Waals surface area contributed by atoms with E-state index in [-0.39, 0.29) is 23.5 Å². The number of amides is 1. The van der Waals surface area contributed by atoms with Crippen LogP contribution < -0.4 is 14.4 Å². The average molecular weight is 437 g/mol. The predicted octanol–water partition coefficient (Wildman–Crippen LogP) is 3.86. The highest BCUT2D eigenvalue weighted by molar-refractivity contribution is 6.04. The maximum absolute atomic E-state index is 14.4. The van der Waals surface area contributed by atoms with Crippen LogP contribution in [0.5, 0.6) is 17.5 Å². The highest BCUT2D eigenvalue weighted by Gasteiger charge is 2.36. The lowest BCUT2D eigenvalue weighted by Crippen LogP contribution is -2.32. The molecule has 1 aromatic carbocycles. The van der Waals surface area contributed by atoms with Gasteiger partial charge in [-0.1, -0.05) is 0 Å². The molecule has 162 valence electrons. The third-order valence-electron chi connectivity index (χ3n) is 5.45. The van der Waals surface area contributed by atoms with Crippen LogP contribution in [0.2, 0.25) is 0 Å². The monoisotopic (exact) mass is 437 g/mol. The Morgan fingerprint density at radius 1 is 0.969 bits per heavy atom. The molecular weight excluding hydrogens is 420 g/mol. The largest absolute Gasteiger partial charge is 0.479 e. The van der Waals surface area contributed by atoms with Crippen LogP contribution in [0, 0.1) is 11.6 Å². The van der Waals surface area contributed by atoms with Crippen molar-refractivity contribution in [1.82, 2.24) is 9.97 Å². The number of anilines is 1. The van der Waals surface area contributed by atoms with Crippen LogP contribution in [0.3, 0.4) is 0 Å². The third-order valence-corrected chi connectivity index (χ3v) is 5.45. The molecule has 1 aliphatic heterocycles. The number of pyridine rings is 2. The van der Waals surface area contributed by atoms with Crippen LogP contribution in [-0.4, -0.2) is 34.3 Å². The molecule has 0 N–H and O–H groups in total. The quantitative estimate of drug-likeness (QED) is 0.603. The molecule has 2 aromatic heterocycles. The Bertz CT molecular complexity index is 1200. The number of hydrogen-bond acceptors (Lipinski definition) is 6. The minimum absolute atomic E-state index is 0.107. The molecule has 1 amide bonds. The first kappa shape index (κ1) is 20.0. The van der Waals surface area contributed by atoms with Gasteiger partial charge >= 0.3 is 0 Å². The predicted molar refractivity (Wildman–Crippen MR) is 109 cm³/mol. The van der Waals surface area contributed by atoms with Crippen molar-refractivity contribution in [3.8, 4) is 17.5 Å². The number of nitrogens with zero attached hydrogens (tertiary/aromatic N) is 3. The Labute approximate surface area is 181 Å². The van der Waals surface area contributed by atoms with E-state index in [9.17, 15) is 18.4 Å². The second-order valence-electron chi connectivity index (χ2n) is 7.51. The van der Waals surface area contributed by atoms with Crippen LogP contribution in [-0.2, 0) is 11.2 Å². The maximum Gasteiger partial charge on any atom is 0.268 e. The Kier molecular flexibility index (Phi) is 5.01. The van der Waals surface area contributed by atoms with Crippen molar-refractivity contribution in [1.29, 1.82) is 0 Å². The molecule has 1 atom stereocenters. The van der Waals surface area contributed by atoms with E-state index in [1.165, 1.54) is 29.3 Å². The number of hydrogen-bond donors (Lipinski definition) is 0. The number of aromatic nitrogens is 2. The van der Waals surface area contributed by atoms with Crippen molar-refractivity contribution < 1.29 is 27.8 Å². The number of carbonyl (C=O) groups excluding carboxylic acids is 2. The highest BCUT2D eigenvalue weighted by Crippen LogP contribution is 2.32. The number of carbonyl (C=O) groups is 2. The SMILES string of the molecule is O=C1CCc2c(F)cc(N3CC[C@@H](Oc4ccc(Oc5ccc(F)cn5)nc4)C3=O)cc21. The zero-order valence-corrected chi connectivity index (χ0v) is 16.8. The van der Waals surface area contributed by atoms with E-state index in [0.717, 1.165) is 6.20 Å². The summed E-state index contributed by atoms with van der Waals surface area (Å²) in [5, 5.41) is 0. The van der Waals surface area contributed by atoms with E-state index < -0.39 is 17.7 Å². The number of fused-ring (bicyclic) bond motifs is 1. The van der Waals surface area contributed by atoms with Gasteiger partial charge in [0.05, 0.1) is 12.4 Å². The van der Waals surface area contributed by atoms with Gasteiger partial charge in [0.15, 0.2) is 11.9 Å². The van der Waals surface area contributed by atoms with Gasteiger partial charge < -0.3 is 14.4 Å². The van der Waals surface area contributed by atoms with Crippen LogP contribution in [0.4, 0.5) is 14.5 Å². The van der Waals surface area contributed by atoms with E-state index in [2.05, 4.69) is 9.97 Å². The molecule has 0 radical (unpaired) electrons. The third kappa shape index (κ3) is 3.77. The summed E-state index contributed by atoms with van der Waals surface area (Å²) in [4.78, 5) is 34.2. The average Bonchev–Trinajstić information content (AvgIpc) is 3.34. The number of rotatable bonds is 5. The van der Waals surface area contributed by atoms with Gasteiger partial charge in [0, 0.05) is 42.8 Å². The molecule has 1 fully saturated rings. The molecule has 0 unspecified atom stereocenters. The smallest absolute Gasteiger partial charge is 0.268 e. The van der Waals surface area contributed by atoms with Crippen LogP contribution in [0.1, 0.15) is 28.8 Å². The van der Waals surface area contributed by atoms with Crippen molar-refractivity contribution in [2.75, 3.05) is 11.4 Å². The molecule has 1 aliphatic carbocycles. The zero-order chi connectivity index (χ0) is 22.2.